The van der Waals surface area contributed by atoms with Crippen LogP contribution < -0.4 is 5.32 Å². The van der Waals surface area contributed by atoms with Crippen LogP contribution in [0.25, 0.3) is 5.69 Å². The van der Waals surface area contributed by atoms with E-state index in [9.17, 15) is 4.79 Å². The van der Waals surface area contributed by atoms with Crippen LogP contribution in [0.3, 0.4) is 0 Å². The second-order valence-electron chi connectivity index (χ2n) is 4.07. The topological polar surface area (TPSA) is 56.1 Å². The Balaban J connectivity index is 1.87. The van der Waals surface area contributed by atoms with Crippen molar-refractivity contribution in [2.75, 3.05) is 25.1 Å². The first-order chi connectivity index (χ1) is 9.81. The molecule has 0 fully saturated rings. The maximum Gasteiger partial charge on any atom is 0.254 e. The quantitative estimate of drug-likeness (QED) is 0.621. The fraction of sp³-hybridized carbons (Fsp3) is 0.286. The Bertz CT molecular complexity index is 542. The predicted octanol–water partition coefficient (Wildman–Crippen LogP) is 2.01. The summed E-state index contributed by atoms with van der Waals surface area (Å²) in [6.07, 6.45) is 3.27. The number of hydrogen-bond donors (Lipinski definition) is 1. The number of halogens is 1. The SMILES string of the molecule is O=C(NCCOCCBr)c1cnn(-c2ccccc2)c1. The van der Waals surface area contributed by atoms with Crippen LogP contribution in [0.15, 0.2) is 42.7 Å². The Morgan fingerprint density at radius 3 is 2.85 bits per heavy atom. The lowest BCUT2D eigenvalue weighted by Gasteiger charge is -2.03. The Morgan fingerprint density at radius 1 is 1.30 bits per heavy atom. The van der Waals surface area contributed by atoms with Gasteiger partial charge in [0.05, 0.1) is 30.7 Å². The van der Waals surface area contributed by atoms with Gasteiger partial charge in [0, 0.05) is 18.1 Å². The van der Waals surface area contributed by atoms with Crippen LogP contribution in [-0.4, -0.2) is 40.8 Å². The van der Waals surface area contributed by atoms with Gasteiger partial charge in [-0.3, -0.25) is 4.79 Å². The Kier molecular flexibility index (Phi) is 5.76. The maximum atomic E-state index is 11.9. The van der Waals surface area contributed by atoms with Gasteiger partial charge < -0.3 is 10.1 Å². The second-order valence-corrected chi connectivity index (χ2v) is 4.86. The van der Waals surface area contributed by atoms with Crippen LogP contribution in [0.2, 0.25) is 0 Å². The first-order valence-electron chi connectivity index (χ1n) is 6.33. The van der Waals surface area contributed by atoms with Crippen molar-refractivity contribution >= 4 is 21.8 Å². The smallest absolute Gasteiger partial charge is 0.254 e. The molecule has 5 nitrogen and oxygen atoms in total. The number of amides is 1. The van der Waals surface area contributed by atoms with Gasteiger partial charge in [0.15, 0.2) is 0 Å². The molecular formula is C14H16BrN3O2. The summed E-state index contributed by atoms with van der Waals surface area (Å²) < 4.78 is 6.94. The average Bonchev–Trinajstić information content (AvgIpc) is 2.98. The zero-order valence-corrected chi connectivity index (χ0v) is 12.5. The highest BCUT2D eigenvalue weighted by atomic mass is 79.9. The molecule has 0 saturated heterocycles. The van der Waals surface area contributed by atoms with Crippen LogP contribution in [0.5, 0.6) is 0 Å². The number of alkyl halides is 1. The van der Waals surface area contributed by atoms with Gasteiger partial charge in [0.2, 0.25) is 0 Å². The van der Waals surface area contributed by atoms with Gasteiger partial charge in [-0.15, -0.1) is 0 Å². The Labute approximate surface area is 126 Å². The average molecular weight is 338 g/mol. The van der Waals surface area contributed by atoms with E-state index in [1.807, 2.05) is 30.3 Å². The molecule has 0 bridgehead atoms. The fourth-order valence-corrected chi connectivity index (χ4v) is 1.89. The number of nitrogens with zero attached hydrogens (tertiary/aromatic N) is 2. The number of nitrogens with one attached hydrogen (secondary N) is 1. The molecule has 1 amide bonds. The van der Waals surface area contributed by atoms with Crippen LogP contribution in [-0.2, 0) is 4.74 Å². The van der Waals surface area contributed by atoms with Crippen LogP contribution >= 0.6 is 15.9 Å². The minimum Gasteiger partial charge on any atom is -0.379 e. The lowest BCUT2D eigenvalue weighted by molar-refractivity contribution is 0.0924. The minimum absolute atomic E-state index is 0.144. The molecule has 6 heteroatoms. The molecule has 0 radical (unpaired) electrons. The number of rotatable bonds is 7. The zero-order valence-electron chi connectivity index (χ0n) is 11.0. The van der Waals surface area contributed by atoms with E-state index < -0.39 is 0 Å². The van der Waals surface area contributed by atoms with Gasteiger partial charge >= 0.3 is 0 Å². The minimum atomic E-state index is -0.144. The van der Waals surface area contributed by atoms with E-state index in [-0.39, 0.29) is 5.91 Å². The zero-order chi connectivity index (χ0) is 14.2. The summed E-state index contributed by atoms with van der Waals surface area (Å²) in [6, 6.07) is 9.66. The number of benzene rings is 1. The molecule has 0 aliphatic carbocycles. The first-order valence-corrected chi connectivity index (χ1v) is 7.45. The highest BCUT2D eigenvalue weighted by Gasteiger charge is 2.08. The number of hydrogen-bond acceptors (Lipinski definition) is 3. The predicted molar refractivity (Wildman–Crippen MR) is 80.5 cm³/mol. The third kappa shape index (κ3) is 4.18. The van der Waals surface area contributed by atoms with E-state index in [1.165, 1.54) is 0 Å². The van der Waals surface area contributed by atoms with Crippen molar-refractivity contribution in [2.24, 2.45) is 0 Å². The summed E-state index contributed by atoms with van der Waals surface area (Å²) in [5.74, 6) is -0.144. The summed E-state index contributed by atoms with van der Waals surface area (Å²) in [5, 5.41) is 7.77. The first kappa shape index (κ1) is 14.7. The number of aromatic nitrogens is 2. The van der Waals surface area contributed by atoms with E-state index in [2.05, 4.69) is 26.3 Å². The fourth-order valence-electron chi connectivity index (χ4n) is 1.66. The Hall–Kier alpha value is -1.66. The molecule has 0 aliphatic heterocycles. The van der Waals surface area contributed by atoms with E-state index in [0.717, 1.165) is 11.0 Å². The number of carbonyl (C=O) groups excluding carboxylic acids is 1. The van der Waals surface area contributed by atoms with E-state index in [0.29, 0.717) is 25.3 Å². The van der Waals surface area contributed by atoms with Gasteiger partial charge in [-0.2, -0.15) is 5.10 Å². The van der Waals surface area contributed by atoms with E-state index in [1.54, 1.807) is 17.1 Å². The molecule has 2 rings (SSSR count). The highest BCUT2D eigenvalue weighted by Crippen LogP contribution is 2.07. The summed E-state index contributed by atoms with van der Waals surface area (Å²) in [6.45, 7) is 1.63. The molecule has 106 valence electrons. The van der Waals surface area contributed by atoms with E-state index >= 15 is 0 Å². The standard InChI is InChI=1S/C14H16BrN3O2/c15-6-8-20-9-7-16-14(19)12-10-17-18(11-12)13-4-2-1-3-5-13/h1-5,10-11H,6-9H2,(H,16,19). The second kappa shape index (κ2) is 7.81. The molecule has 0 saturated carbocycles. The van der Waals surface area contributed by atoms with Gasteiger partial charge in [-0.05, 0) is 12.1 Å². The normalized spacial score (nSPS) is 10.4. The molecule has 20 heavy (non-hydrogen) atoms. The molecule has 1 heterocycles. The Morgan fingerprint density at radius 2 is 2.10 bits per heavy atom. The molecule has 2 aromatic rings. The van der Waals surface area contributed by atoms with Gasteiger partial charge in [0.25, 0.3) is 5.91 Å². The van der Waals surface area contributed by atoms with Crippen LogP contribution in [0.4, 0.5) is 0 Å². The lowest BCUT2D eigenvalue weighted by atomic mass is 10.3. The largest absolute Gasteiger partial charge is 0.379 e. The molecule has 0 atom stereocenters. The molecule has 1 aromatic heterocycles. The summed E-state index contributed by atoms with van der Waals surface area (Å²) in [4.78, 5) is 11.9. The van der Waals surface area contributed by atoms with Crippen molar-refractivity contribution < 1.29 is 9.53 Å². The van der Waals surface area contributed by atoms with Crippen LogP contribution in [0.1, 0.15) is 10.4 Å². The maximum absolute atomic E-state index is 11.9. The third-order valence-electron chi connectivity index (χ3n) is 2.62. The van der Waals surface area contributed by atoms with Gasteiger partial charge in [-0.1, -0.05) is 34.1 Å². The summed E-state index contributed by atoms with van der Waals surface area (Å²) >= 11 is 3.27. The molecule has 0 spiro atoms. The number of para-hydroxylation sites is 1. The highest BCUT2D eigenvalue weighted by molar-refractivity contribution is 9.09. The van der Waals surface area contributed by atoms with Crippen molar-refractivity contribution in [3.63, 3.8) is 0 Å². The summed E-state index contributed by atoms with van der Waals surface area (Å²) in [5.41, 5.74) is 1.46. The van der Waals surface area contributed by atoms with Crippen molar-refractivity contribution in [2.45, 2.75) is 0 Å². The van der Waals surface area contributed by atoms with E-state index in [4.69, 9.17) is 4.74 Å². The van der Waals surface area contributed by atoms with Gasteiger partial charge in [0.1, 0.15) is 0 Å². The summed E-state index contributed by atoms with van der Waals surface area (Å²) in [7, 11) is 0. The molecule has 0 aliphatic rings. The van der Waals surface area contributed by atoms with Crippen molar-refractivity contribution in [1.29, 1.82) is 0 Å². The number of ether oxygens (including phenoxy) is 1. The molecule has 1 aromatic carbocycles. The molecule has 0 unspecified atom stereocenters. The van der Waals surface area contributed by atoms with Crippen molar-refractivity contribution in [1.82, 2.24) is 15.1 Å². The lowest BCUT2D eigenvalue weighted by Crippen LogP contribution is -2.27. The number of carbonyl (C=O) groups is 1. The molecule has 1 N–H and O–H groups in total. The molecular weight excluding hydrogens is 322 g/mol. The van der Waals surface area contributed by atoms with Crippen molar-refractivity contribution in [3.05, 3.63) is 48.3 Å². The third-order valence-corrected chi connectivity index (χ3v) is 2.94. The monoisotopic (exact) mass is 337 g/mol. The van der Waals surface area contributed by atoms with Crippen molar-refractivity contribution in [3.8, 4) is 5.69 Å². The van der Waals surface area contributed by atoms with Gasteiger partial charge in [-0.25, -0.2) is 4.68 Å². The van der Waals surface area contributed by atoms with Crippen LogP contribution in [0, 0.1) is 0 Å².